The van der Waals surface area contributed by atoms with E-state index in [1.54, 1.807) is 22.3 Å². The van der Waals surface area contributed by atoms with Gasteiger partial charge in [-0.15, -0.1) is 0 Å². The molecule has 0 spiro atoms. The fourth-order valence-corrected chi connectivity index (χ4v) is 3.23. The molecule has 2 aromatic rings. The topological polar surface area (TPSA) is 0 Å². The molecule has 0 bridgehead atoms. The Hall–Kier alpha value is -0.369. The second-order valence-electron chi connectivity index (χ2n) is 5.57. The van der Waals surface area contributed by atoms with Crippen molar-refractivity contribution in [3.8, 4) is 0 Å². The predicted molar refractivity (Wildman–Crippen MR) is 98.7 cm³/mol. The van der Waals surface area contributed by atoms with E-state index >= 15 is 0 Å². The van der Waals surface area contributed by atoms with E-state index in [4.69, 9.17) is 0 Å². The molecular formula is C20H30SiTi-4. The first-order valence-corrected chi connectivity index (χ1v) is 11.8. The summed E-state index contributed by atoms with van der Waals surface area (Å²) in [5.74, 6) is 0. The molecule has 0 saturated carbocycles. The third kappa shape index (κ3) is 6.02. The summed E-state index contributed by atoms with van der Waals surface area (Å²) in [7, 11) is 1.86. The Labute approximate surface area is 151 Å². The van der Waals surface area contributed by atoms with Gasteiger partial charge in [-0.25, -0.2) is 12.1 Å². The zero-order valence-corrected chi connectivity index (χ0v) is 17.3. The van der Waals surface area contributed by atoms with Crippen molar-refractivity contribution in [2.24, 2.45) is 0 Å². The zero-order valence-electron chi connectivity index (χ0n) is 14.3. The normalized spacial score (nSPS) is 14.3. The molecule has 0 radical (unpaired) electrons. The summed E-state index contributed by atoms with van der Waals surface area (Å²) in [6, 6.07) is 13.4. The number of rotatable bonds is 0. The number of aryl methyl sites for hydroxylation is 4. The molecule has 0 amide bonds. The largest absolute Gasteiger partial charge is 0.210 e. The van der Waals surface area contributed by atoms with E-state index < -0.39 is 0 Å². The minimum Gasteiger partial charge on any atom is -0.210 e. The Morgan fingerprint density at radius 1 is 0.682 bits per heavy atom. The van der Waals surface area contributed by atoms with Gasteiger partial charge >= 0.3 is 26.8 Å². The van der Waals surface area contributed by atoms with E-state index in [1.807, 2.05) is 26.8 Å². The van der Waals surface area contributed by atoms with E-state index in [2.05, 4.69) is 36.4 Å². The molecule has 2 aliphatic carbocycles. The van der Waals surface area contributed by atoms with Gasteiger partial charge in [0.15, 0.2) is 0 Å². The van der Waals surface area contributed by atoms with Crippen molar-refractivity contribution >= 4 is 7.63 Å². The van der Waals surface area contributed by atoms with Gasteiger partial charge in [0.25, 0.3) is 0 Å². The summed E-state index contributed by atoms with van der Waals surface area (Å²) < 4.78 is 0. The molecule has 22 heavy (non-hydrogen) atoms. The average molecular weight is 346 g/mol. The van der Waals surface area contributed by atoms with Crippen LogP contribution in [0.3, 0.4) is 0 Å². The van der Waals surface area contributed by atoms with Crippen molar-refractivity contribution in [3.05, 3.63) is 73.5 Å². The van der Waals surface area contributed by atoms with Crippen LogP contribution in [0.1, 0.15) is 47.9 Å². The molecule has 2 aliphatic rings. The van der Waals surface area contributed by atoms with Gasteiger partial charge in [-0.1, -0.05) is 51.4 Å². The van der Waals surface area contributed by atoms with Crippen LogP contribution in [0.25, 0.3) is 0 Å². The molecule has 0 unspecified atom stereocenters. The van der Waals surface area contributed by atoms with E-state index in [-0.39, 0.29) is 14.9 Å². The first kappa shape index (κ1) is 21.6. The summed E-state index contributed by atoms with van der Waals surface area (Å²) in [6.45, 7) is 0. The van der Waals surface area contributed by atoms with Gasteiger partial charge in [-0.3, -0.25) is 0 Å². The number of hydrogen-bond acceptors (Lipinski definition) is 0. The molecule has 0 aromatic heterocycles. The van der Waals surface area contributed by atoms with E-state index in [1.165, 1.54) is 51.4 Å². The summed E-state index contributed by atoms with van der Waals surface area (Å²) in [6.07, 6.45) is 10.9. The van der Waals surface area contributed by atoms with Crippen LogP contribution in [0, 0.1) is 14.9 Å². The quantitative estimate of drug-likeness (QED) is 0.485. The molecule has 0 N–H and O–H groups in total. The first-order chi connectivity index (χ1) is 9.93. The Kier molecular flexibility index (Phi) is 11.9. The van der Waals surface area contributed by atoms with Crippen molar-refractivity contribution in [2.75, 3.05) is 0 Å². The Morgan fingerprint density at radius 2 is 1.05 bits per heavy atom. The first-order valence-electron chi connectivity index (χ1n) is 7.76. The number of fused-ring (bicyclic) bond motifs is 2. The van der Waals surface area contributed by atoms with Gasteiger partial charge in [0.2, 0.25) is 0 Å². The molecule has 0 heterocycles. The molecule has 0 saturated heterocycles. The maximum absolute atomic E-state index is 2.26. The fraction of sp³-hybridized carbons (Fsp3) is 0.400. The molecule has 0 atom stereocenters. The molecule has 122 valence electrons. The van der Waals surface area contributed by atoms with Gasteiger partial charge in [-0.2, -0.15) is 46.5 Å². The summed E-state index contributed by atoms with van der Waals surface area (Å²) in [5, 5.41) is 0. The van der Waals surface area contributed by atoms with Gasteiger partial charge in [0, 0.05) is 0 Å². The smallest absolute Gasteiger partial charge is 0.0512 e. The molecule has 0 nitrogen and oxygen atoms in total. The SMILES string of the molecule is [CH3-].[CH3-].[SiH2]=[Ti].c1cc2c([cH-]1)CCCC2.c1cc2c([cH-]1)CCCC2. The van der Waals surface area contributed by atoms with Crippen LogP contribution in [0.15, 0.2) is 36.4 Å². The van der Waals surface area contributed by atoms with Crippen LogP contribution in [0.5, 0.6) is 0 Å². The molecule has 2 aromatic carbocycles. The van der Waals surface area contributed by atoms with Crippen LogP contribution in [-0.2, 0) is 44.9 Å². The third-order valence-electron chi connectivity index (χ3n) is 4.30. The van der Waals surface area contributed by atoms with Crippen LogP contribution in [-0.4, -0.2) is 7.63 Å². The Morgan fingerprint density at radius 3 is 1.41 bits per heavy atom. The maximum Gasteiger partial charge on any atom is -0.0512 e. The second-order valence-corrected chi connectivity index (χ2v) is 5.57. The molecular weight excluding hydrogens is 316 g/mol. The van der Waals surface area contributed by atoms with Crippen LogP contribution < -0.4 is 0 Å². The van der Waals surface area contributed by atoms with Gasteiger partial charge < -0.3 is 14.9 Å². The second kappa shape index (κ2) is 12.1. The molecule has 0 aliphatic heterocycles. The van der Waals surface area contributed by atoms with E-state index in [9.17, 15) is 0 Å². The minimum absolute atomic E-state index is 0. The van der Waals surface area contributed by atoms with Crippen molar-refractivity contribution in [2.45, 2.75) is 51.4 Å². The van der Waals surface area contributed by atoms with Crippen LogP contribution >= 0.6 is 0 Å². The van der Waals surface area contributed by atoms with Crippen molar-refractivity contribution < 1.29 is 19.2 Å². The van der Waals surface area contributed by atoms with E-state index in [0.717, 1.165) is 0 Å². The van der Waals surface area contributed by atoms with Gasteiger partial charge in [-0.05, 0) is 0 Å². The number of hydrogen-bond donors (Lipinski definition) is 0. The van der Waals surface area contributed by atoms with Crippen LogP contribution in [0.2, 0.25) is 0 Å². The third-order valence-corrected chi connectivity index (χ3v) is 4.30. The van der Waals surface area contributed by atoms with Crippen molar-refractivity contribution in [1.82, 2.24) is 0 Å². The molecule has 0 fully saturated rings. The van der Waals surface area contributed by atoms with Gasteiger partial charge in [0.05, 0.1) is 0 Å². The van der Waals surface area contributed by atoms with Crippen molar-refractivity contribution in [3.63, 3.8) is 0 Å². The fourth-order valence-electron chi connectivity index (χ4n) is 3.23. The molecule has 4 rings (SSSR count). The zero-order chi connectivity index (χ0) is 14.2. The standard InChI is InChI=1S/2C9H11.2CH3.H2Si.Ti/c2*1-2-5-9-7-3-6-8(9)4-1;;;;/h2*3,6-7H,1-2,4-5H2;2*1H3;1H2;/q4*-1;;. The monoisotopic (exact) mass is 346 g/mol. The summed E-state index contributed by atoms with van der Waals surface area (Å²) >= 11 is 2.03. The molecule has 2 heteroatoms. The predicted octanol–water partition coefficient (Wildman–Crippen LogP) is 4.55. The van der Waals surface area contributed by atoms with Gasteiger partial charge in [0.1, 0.15) is 0 Å². The Bertz CT molecular complexity index is 422. The van der Waals surface area contributed by atoms with E-state index in [0.29, 0.717) is 0 Å². The Balaban J connectivity index is 0.000000334. The summed E-state index contributed by atoms with van der Waals surface area (Å²) in [4.78, 5) is 0. The average Bonchev–Trinajstić information content (AvgIpc) is 3.18. The van der Waals surface area contributed by atoms with Crippen LogP contribution in [0.4, 0.5) is 0 Å². The minimum atomic E-state index is 0. The summed E-state index contributed by atoms with van der Waals surface area (Å²) in [5.41, 5.74) is 6.39. The van der Waals surface area contributed by atoms with Crippen molar-refractivity contribution in [1.29, 1.82) is 0 Å². The maximum atomic E-state index is 2.26.